The van der Waals surface area contributed by atoms with E-state index < -0.39 is 0 Å². The standard InChI is InChI=1S/C18H22N2O2/c1-3-14-9-11-16(12-10-14)20-18(21)19-13-22-17-8-6-5-7-15(17)4-2/h5-12H,3-4,13H2,1-2H3,(H2,19,20,21). The van der Waals surface area contributed by atoms with Crippen LogP contribution >= 0.6 is 0 Å². The molecule has 4 heteroatoms. The second-order valence-electron chi connectivity index (χ2n) is 4.93. The maximum Gasteiger partial charge on any atom is 0.321 e. The van der Waals surface area contributed by atoms with Crippen molar-refractivity contribution in [2.45, 2.75) is 26.7 Å². The Hall–Kier alpha value is -2.49. The molecule has 2 aromatic carbocycles. The van der Waals surface area contributed by atoms with Gasteiger partial charge in [0.05, 0.1) is 0 Å². The average molecular weight is 298 g/mol. The Balaban J connectivity index is 1.80. The number of carbonyl (C=O) groups is 1. The molecule has 2 N–H and O–H groups in total. The lowest BCUT2D eigenvalue weighted by Crippen LogP contribution is -2.32. The molecule has 0 unspecified atom stereocenters. The Bertz CT molecular complexity index is 609. The number of urea groups is 1. The molecule has 2 rings (SSSR count). The summed E-state index contributed by atoms with van der Waals surface area (Å²) in [5.74, 6) is 0.803. The van der Waals surface area contributed by atoms with Crippen LogP contribution < -0.4 is 15.4 Å². The summed E-state index contributed by atoms with van der Waals surface area (Å²) in [6, 6.07) is 15.3. The quantitative estimate of drug-likeness (QED) is 0.793. The first-order chi connectivity index (χ1) is 10.7. The first-order valence-corrected chi connectivity index (χ1v) is 7.57. The molecule has 0 saturated heterocycles. The van der Waals surface area contributed by atoms with Crippen molar-refractivity contribution in [1.29, 1.82) is 0 Å². The molecule has 4 nitrogen and oxygen atoms in total. The summed E-state index contributed by atoms with van der Waals surface area (Å²) in [5.41, 5.74) is 3.13. The molecule has 0 fully saturated rings. The highest BCUT2D eigenvalue weighted by Crippen LogP contribution is 2.17. The first-order valence-electron chi connectivity index (χ1n) is 7.57. The van der Waals surface area contributed by atoms with Crippen molar-refractivity contribution in [2.75, 3.05) is 12.0 Å². The minimum absolute atomic E-state index is 0.135. The van der Waals surface area contributed by atoms with Crippen LogP contribution in [0.2, 0.25) is 0 Å². The third-order valence-electron chi connectivity index (χ3n) is 3.43. The Labute approximate surface area is 131 Å². The van der Waals surface area contributed by atoms with E-state index in [1.807, 2.05) is 48.5 Å². The monoisotopic (exact) mass is 298 g/mol. The van der Waals surface area contributed by atoms with E-state index in [1.54, 1.807) is 0 Å². The number of ether oxygens (including phenoxy) is 1. The summed E-state index contributed by atoms with van der Waals surface area (Å²) in [6.07, 6.45) is 1.88. The minimum Gasteiger partial charge on any atom is -0.473 e. The molecule has 0 spiro atoms. The maximum absolute atomic E-state index is 11.8. The van der Waals surface area contributed by atoms with Crippen LogP contribution in [0.4, 0.5) is 10.5 Å². The first kappa shape index (κ1) is 15.9. The largest absolute Gasteiger partial charge is 0.473 e. The van der Waals surface area contributed by atoms with Crippen LogP contribution in [0.15, 0.2) is 48.5 Å². The van der Waals surface area contributed by atoms with Crippen molar-refractivity contribution in [3.8, 4) is 5.75 Å². The van der Waals surface area contributed by atoms with Gasteiger partial charge in [0.2, 0.25) is 0 Å². The highest BCUT2D eigenvalue weighted by Gasteiger charge is 2.03. The number of nitrogens with one attached hydrogen (secondary N) is 2. The van der Waals surface area contributed by atoms with Gasteiger partial charge >= 0.3 is 6.03 Å². The normalized spacial score (nSPS) is 10.1. The molecule has 0 aliphatic carbocycles. The highest BCUT2D eigenvalue weighted by atomic mass is 16.5. The van der Waals surface area contributed by atoms with E-state index in [9.17, 15) is 4.79 Å². The topological polar surface area (TPSA) is 50.4 Å². The fourth-order valence-corrected chi connectivity index (χ4v) is 2.12. The van der Waals surface area contributed by atoms with Gasteiger partial charge < -0.3 is 15.4 Å². The number of para-hydroxylation sites is 1. The predicted molar refractivity (Wildman–Crippen MR) is 89.3 cm³/mol. The Kier molecular flexibility index (Phi) is 5.83. The number of aryl methyl sites for hydroxylation is 2. The van der Waals surface area contributed by atoms with Crippen LogP contribution in [0.25, 0.3) is 0 Å². The van der Waals surface area contributed by atoms with Crippen LogP contribution in [0, 0.1) is 0 Å². The smallest absolute Gasteiger partial charge is 0.321 e. The summed E-state index contributed by atoms with van der Waals surface area (Å²) in [7, 11) is 0. The van der Waals surface area contributed by atoms with Crippen molar-refractivity contribution in [3.63, 3.8) is 0 Å². The third-order valence-corrected chi connectivity index (χ3v) is 3.43. The summed E-state index contributed by atoms with van der Waals surface area (Å²) in [4.78, 5) is 11.8. The zero-order chi connectivity index (χ0) is 15.8. The zero-order valence-corrected chi connectivity index (χ0v) is 13.1. The summed E-state index contributed by atoms with van der Waals surface area (Å²) in [6.45, 7) is 4.30. The lowest BCUT2D eigenvalue weighted by molar-refractivity contribution is 0.234. The van der Waals surface area contributed by atoms with Crippen molar-refractivity contribution < 1.29 is 9.53 Å². The van der Waals surface area contributed by atoms with Gasteiger partial charge in [-0.05, 0) is 42.2 Å². The average Bonchev–Trinajstić information content (AvgIpc) is 2.56. The van der Waals surface area contributed by atoms with Gasteiger partial charge in [-0.2, -0.15) is 0 Å². The van der Waals surface area contributed by atoms with E-state index in [0.29, 0.717) is 0 Å². The summed E-state index contributed by atoms with van der Waals surface area (Å²) in [5, 5.41) is 5.47. The molecular formula is C18H22N2O2. The molecule has 0 saturated carbocycles. The van der Waals surface area contributed by atoms with Gasteiger partial charge in [0, 0.05) is 5.69 Å². The number of carbonyl (C=O) groups excluding carboxylic acids is 1. The van der Waals surface area contributed by atoms with Gasteiger partial charge in [0.25, 0.3) is 0 Å². The van der Waals surface area contributed by atoms with Crippen LogP contribution in [0.3, 0.4) is 0 Å². The van der Waals surface area contributed by atoms with Gasteiger partial charge in [0.15, 0.2) is 6.73 Å². The van der Waals surface area contributed by atoms with Crippen molar-refractivity contribution in [2.24, 2.45) is 0 Å². The summed E-state index contributed by atoms with van der Waals surface area (Å²) < 4.78 is 5.60. The molecule has 0 radical (unpaired) electrons. The number of hydrogen-bond acceptors (Lipinski definition) is 2. The van der Waals surface area contributed by atoms with Gasteiger partial charge in [-0.1, -0.05) is 44.2 Å². The van der Waals surface area contributed by atoms with Gasteiger partial charge in [0.1, 0.15) is 5.75 Å². The Morgan fingerprint density at radius 1 is 1.00 bits per heavy atom. The number of rotatable bonds is 6. The van der Waals surface area contributed by atoms with E-state index in [0.717, 1.165) is 29.8 Å². The van der Waals surface area contributed by atoms with Crippen molar-refractivity contribution in [1.82, 2.24) is 5.32 Å². The minimum atomic E-state index is -0.279. The highest BCUT2D eigenvalue weighted by molar-refractivity contribution is 5.89. The molecule has 2 amide bonds. The predicted octanol–water partition coefficient (Wildman–Crippen LogP) is 3.97. The molecule has 0 heterocycles. The SMILES string of the molecule is CCc1ccc(NC(=O)NCOc2ccccc2CC)cc1. The van der Waals surface area contributed by atoms with E-state index in [-0.39, 0.29) is 12.8 Å². The molecule has 116 valence electrons. The maximum atomic E-state index is 11.8. The van der Waals surface area contributed by atoms with Crippen LogP contribution in [-0.4, -0.2) is 12.8 Å². The Morgan fingerprint density at radius 3 is 2.41 bits per heavy atom. The number of hydrogen-bond donors (Lipinski definition) is 2. The van der Waals surface area contributed by atoms with Crippen molar-refractivity contribution in [3.05, 3.63) is 59.7 Å². The number of anilines is 1. The summed E-state index contributed by atoms with van der Waals surface area (Å²) >= 11 is 0. The van der Waals surface area contributed by atoms with Gasteiger partial charge in [-0.3, -0.25) is 0 Å². The van der Waals surface area contributed by atoms with Gasteiger partial charge in [-0.25, -0.2) is 4.79 Å². The molecule has 0 aliphatic rings. The van der Waals surface area contributed by atoms with E-state index in [1.165, 1.54) is 5.56 Å². The zero-order valence-electron chi connectivity index (χ0n) is 13.1. The second-order valence-corrected chi connectivity index (χ2v) is 4.93. The fraction of sp³-hybridized carbons (Fsp3) is 0.278. The molecule has 0 bridgehead atoms. The molecule has 0 aliphatic heterocycles. The number of amides is 2. The van der Waals surface area contributed by atoms with Crippen LogP contribution in [0.5, 0.6) is 5.75 Å². The van der Waals surface area contributed by atoms with Crippen LogP contribution in [0.1, 0.15) is 25.0 Å². The third kappa shape index (κ3) is 4.52. The van der Waals surface area contributed by atoms with E-state index in [2.05, 4.69) is 24.5 Å². The lowest BCUT2D eigenvalue weighted by atomic mass is 10.1. The van der Waals surface area contributed by atoms with E-state index >= 15 is 0 Å². The van der Waals surface area contributed by atoms with Crippen LogP contribution in [-0.2, 0) is 12.8 Å². The van der Waals surface area contributed by atoms with E-state index in [4.69, 9.17) is 4.74 Å². The molecular weight excluding hydrogens is 276 g/mol. The molecule has 2 aromatic rings. The number of benzene rings is 2. The Morgan fingerprint density at radius 2 is 1.73 bits per heavy atom. The molecule has 0 atom stereocenters. The second kappa shape index (κ2) is 8.08. The van der Waals surface area contributed by atoms with Crippen molar-refractivity contribution >= 4 is 11.7 Å². The molecule has 22 heavy (non-hydrogen) atoms. The fourth-order valence-electron chi connectivity index (χ4n) is 2.12. The lowest BCUT2D eigenvalue weighted by Gasteiger charge is -2.12. The molecule has 0 aromatic heterocycles. The van der Waals surface area contributed by atoms with Gasteiger partial charge in [-0.15, -0.1) is 0 Å².